The zero-order valence-electron chi connectivity index (χ0n) is 12.0. The number of hydrogen-bond donors (Lipinski definition) is 1. The van der Waals surface area contributed by atoms with Gasteiger partial charge in [-0.2, -0.15) is 0 Å². The van der Waals surface area contributed by atoms with Gasteiger partial charge < -0.3 is 10.5 Å². The van der Waals surface area contributed by atoms with Gasteiger partial charge in [0.25, 0.3) is 0 Å². The fourth-order valence-corrected chi connectivity index (χ4v) is 3.14. The zero-order valence-corrected chi connectivity index (χ0v) is 12.8. The molecule has 0 fully saturated rings. The molecule has 0 aromatic heterocycles. The smallest absolute Gasteiger partial charge is 0.330 e. The lowest BCUT2D eigenvalue weighted by atomic mass is 9.88. The summed E-state index contributed by atoms with van der Waals surface area (Å²) < 4.78 is 4.90. The van der Waals surface area contributed by atoms with Crippen molar-refractivity contribution < 1.29 is 9.53 Å². The van der Waals surface area contributed by atoms with Gasteiger partial charge in [0.1, 0.15) is 5.54 Å². The molecule has 1 unspecified atom stereocenters. The van der Waals surface area contributed by atoms with Crippen LogP contribution in [0.4, 0.5) is 0 Å². The Hall–Kier alpha value is -1.78. The molecule has 110 valence electrons. The van der Waals surface area contributed by atoms with Gasteiger partial charge in [-0.05, 0) is 24.1 Å². The van der Waals surface area contributed by atoms with Crippen LogP contribution in [0, 0.1) is 0 Å². The molecule has 2 N–H and O–H groups in total. The first kappa shape index (κ1) is 15.6. The molecule has 0 radical (unpaired) electrons. The second kappa shape index (κ2) is 7.29. The van der Waals surface area contributed by atoms with Crippen LogP contribution in [0.1, 0.15) is 12.0 Å². The molecule has 0 saturated heterocycles. The summed E-state index contributed by atoms with van der Waals surface area (Å²) >= 11 is 1.68. The minimum Gasteiger partial charge on any atom is -0.467 e. The number of carbonyl (C=O) groups is 1. The predicted molar refractivity (Wildman–Crippen MR) is 86.1 cm³/mol. The third-order valence-electron chi connectivity index (χ3n) is 3.35. The molecule has 4 heteroatoms. The second-order valence-electron chi connectivity index (χ2n) is 4.74. The molecule has 0 saturated carbocycles. The molecular formula is C17H19NO2S. The molecule has 0 aliphatic rings. The molecule has 1 atom stereocenters. The summed E-state index contributed by atoms with van der Waals surface area (Å²) in [5, 5.41) is 0. The number of esters is 1. The molecule has 3 nitrogen and oxygen atoms in total. The van der Waals surface area contributed by atoms with Crippen LogP contribution in [0.3, 0.4) is 0 Å². The van der Waals surface area contributed by atoms with Gasteiger partial charge in [-0.15, -0.1) is 11.8 Å². The molecule has 2 aromatic rings. The first-order valence-corrected chi connectivity index (χ1v) is 7.76. The van der Waals surface area contributed by atoms with Gasteiger partial charge in [0.2, 0.25) is 0 Å². The maximum Gasteiger partial charge on any atom is 0.330 e. The van der Waals surface area contributed by atoms with Crippen LogP contribution in [-0.4, -0.2) is 18.8 Å². The number of nitrogens with two attached hydrogens (primary N) is 1. The molecule has 0 aliphatic carbocycles. The van der Waals surface area contributed by atoms with E-state index in [0.29, 0.717) is 6.42 Å². The first-order chi connectivity index (χ1) is 10.2. The Labute approximate surface area is 129 Å². The normalized spacial score (nSPS) is 13.4. The van der Waals surface area contributed by atoms with Gasteiger partial charge in [-0.1, -0.05) is 48.5 Å². The van der Waals surface area contributed by atoms with Gasteiger partial charge in [0.15, 0.2) is 0 Å². The monoisotopic (exact) mass is 301 g/mol. The van der Waals surface area contributed by atoms with E-state index in [1.54, 1.807) is 11.8 Å². The molecule has 0 aliphatic heterocycles. The zero-order chi connectivity index (χ0) is 15.1. The number of benzene rings is 2. The number of methoxy groups -OCH3 is 1. The highest BCUT2D eigenvalue weighted by Gasteiger charge is 2.36. The highest BCUT2D eigenvalue weighted by Crippen LogP contribution is 2.28. The first-order valence-electron chi connectivity index (χ1n) is 6.77. The van der Waals surface area contributed by atoms with Crippen LogP contribution in [0.15, 0.2) is 65.6 Å². The van der Waals surface area contributed by atoms with Crippen LogP contribution in [0.5, 0.6) is 0 Å². The van der Waals surface area contributed by atoms with E-state index in [0.717, 1.165) is 16.2 Å². The van der Waals surface area contributed by atoms with Gasteiger partial charge in [0.05, 0.1) is 7.11 Å². The standard InChI is InChI=1S/C17H19NO2S/c1-20-16(19)17(18,14-8-4-2-5-9-14)12-13-21-15-10-6-3-7-11-15/h2-11H,12-13,18H2,1H3. The fraction of sp³-hybridized carbons (Fsp3) is 0.235. The number of rotatable bonds is 6. The van der Waals surface area contributed by atoms with Crippen LogP contribution in [0.2, 0.25) is 0 Å². The lowest BCUT2D eigenvalue weighted by molar-refractivity contribution is -0.147. The van der Waals surface area contributed by atoms with E-state index in [4.69, 9.17) is 10.5 Å². The van der Waals surface area contributed by atoms with E-state index in [1.165, 1.54) is 7.11 Å². The van der Waals surface area contributed by atoms with Crippen LogP contribution >= 0.6 is 11.8 Å². The molecule has 0 amide bonds. The van der Waals surface area contributed by atoms with E-state index in [-0.39, 0.29) is 0 Å². The highest BCUT2D eigenvalue weighted by atomic mass is 32.2. The molecule has 0 spiro atoms. The van der Waals surface area contributed by atoms with Crippen molar-refractivity contribution in [2.45, 2.75) is 16.9 Å². The van der Waals surface area contributed by atoms with Crippen LogP contribution in [0.25, 0.3) is 0 Å². The molecule has 0 bridgehead atoms. The van der Waals surface area contributed by atoms with E-state index in [9.17, 15) is 4.79 Å². The topological polar surface area (TPSA) is 52.3 Å². The maximum atomic E-state index is 12.1. The highest BCUT2D eigenvalue weighted by molar-refractivity contribution is 7.99. The number of thioether (sulfide) groups is 1. The SMILES string of the molecule is COC(=O)C(N)(CCSc1ccccc1)c1ccccc1. The Balaban J connectivity index is 2.09. The van der Waals surface area contributed by atoms with Crippen molar-refractivity contribution in [2.24, 2.45) is 5.73 Å². The Morgan fingerprint density at radius 3 is 2.24 bits per heavy atom. The lowest BCUT2D eigenvalue weighted by Gasteiger charge is -2.26. The fourth-order valence-electron chi connectivity index (χ4n) is 2.13. The molecule has 2 rings (SSSR count). The average molecular weight is 301 g/mol. The average Bonchev–Trinajstić information content (AvgIpc) is 2.55. The number of ether oxygens (including phenoxy) is 1. The Morgan fingerprint density at radius 2 is 1.67 bits per heavy atom. The minimum atomic E-state index is -1.10. The van der Waals surface area contributed by atoms with Crippen LogP contribution in [-0.2, 0) is 15.1 Å². The Bertz CT molecular complexity index is 574. The molecule has 21 heavy (non-hydrogen) atoms. The van der Waals surface area contributed by atoms with E-state index < -0.39 is 11.5 Å². The van der Waals surface area contributed by atoms with Crippen LogP contribution < -0.4 is 5.73 Å². The summed E-state index contributed by atoms with van der Waals surface area (Å²) in [7, 11) is 1.37. The van der Waals surface area contributed by atoms with Crippen molar-refractivity contribution in [1.29, 1.82) is 0 Å². The van der Waals surface area contributed by atoms with Crippen molar-refractivity contribution in [2.75, 3.05) is 12.9 Å². The largest absolute Gasteiger partial charge is 0.467 e. The number of carbonyl (C=O) groups excluding carboxylic acids is 1. The van der Waals surface area contributed by atoms with Gasteiger partial charge >= 0.3 is 5.97 Å². The third kappa shape index (κ3) is 3.86. The summed E-state index contributed by atoms with van der Waals surface area (Å²) in [5.41, 5.74) is 6.03. The van der Waals surface area contributed by atoms with E-state index >= 15 is 0 Å². The second-order valence-corrected chi connectivity index (χ2v) is 5.91. The van der Waals surface area contributed by atoms with E-state index in [1.807, 2.05) is 60.7 Å². The molecule has 2 aromatic carbocycles. The van der Waals surface area contributed by atoms with Crippen molar-refractivity contribution in [1.82, 2.24) is 0 Å². The van der Waals surface area contributed by atoms with E-state index in [2.05, 4.69) is 0 Å². The lowest BCUT2D eigenvalue weighted by Crippen LogP contribution is -2.46. The maximum absolute atomic E-state index is 12.1. The minimum absolute atomic E-state index is 0.401. The van der Waals surface area contributed by atoms with Crippen molar-refractivity contribution in [3.05, 3.63) is 66.2 Å². The summed E-state index contributed by atoms with van der Waals surface area (Å²) in [4.78, 5) is 13.3. The third-order valence-corrected chi connectivity index (χ3v) is 4.36. The summed E-state index contributed by atoms with van der Waals surface area (Å²) in [6.45, 7) is 0. The predicted octanol–water partition coefficient (Wildman–Crippen LogP) is 3.20. The molecule has 0 heterocycles. The summed E-state index contributed by atoms with van der Waals surface area (Å²) in [6, 6.07) is 19.5. The van der Waals surface area contributed by atoms with Gasteiger partial charge in [0, 0.05) is 10.6 Å². The Kier molecular flexibility index (Phi) is 5.42. The quantitative estimate of drug-likeness (QED) is 0.657. The van der Waals surface area contributed by atoms with Crippen molar-refractivity contribution >= 4 is 17.7 Å². The summed E-state index contributed by atoms with van der Waals surface area (Å²) in [5.74, 6) is 0.340. The van der Waals surface area contributed by atoms with Crippen molar-refractivity contribution in [3.8, 4) is 0 Å². The van der Waals surface area contributed by atoms with Crippen molar-refractivity contribution in [3.63, 3.8) is 0 Å². The molecular weight excluding hydrogens is 282 g/mol. The van der Waals surface area contributed by atoms with Gasteiger partial charge in [-0.3, -0.25) is 0 Å². The van der Waals surface area contributed by atoms with Gasteiger partial charge in [-0.25, -0.2) is 4.79 Å². The summed E-state index contributed by atoms with van der Waals surface area (Å²) in [6.07, 6.45) is 0.517. The Morgan fingerprint density at radius 1 is 1.10 bits per heavy atom. The number of hydrogen-bond acceptors (Lipinski definition) is 4.